The lowest BCUT2D eigenvalue weighted by Crippen LogP contribution is -2.14. The molecule has 0 radical (unpaired) electrons. The predicted molar refractivity (Wildman–Crippen MR) is 200 cm³/mol. The summed E-state index contributed by atoms with van der Waals surface area (Å²) in [5.74, 6) is 1.92. The van der Waals surface area contributed by atoms with E-state index in [1.165, 1.54) is 27.8 Å². The molecule has 230 valence electrons. The van der Waals surface area contributed by atoms with Gasteiger partial charge in [0.25, 0.3) is 0 Å². The van der Waals surface area contributed by atoms with Crippen molar-refractivity contribution in [2.24, 2.45) is 0 Å². The summed E-state index contributed by atoms with van der Waals surface area (Å²) in [7, 11) is 0. The van der Waals surface area contributed by atoms with Crippen molar-refractivity contribution in [1.82, 2.24) is 15.0 Å². The van der Waals surface area contributed by atoms with Crippen molar-refractivity contribution < 1.29 is 0 Å². The fourth-order valence-corrected chi connectivity index (χ4v) is 7.47. The molecular weight excluding hydrogens is 597 g/mol. The molecule has 0 unspecified atom stereocenters. The standard InChI is InChI=1S/C45H30N4/c1-45(2)39-20-10-17-35(41(39)38-26-25-32(46-3)27-40(38)45)30-21-23-31(24-22-30)42-47-43(36-18-8-13-28-11-4-6-15-33(28)36)49-44(48-42)37-19-9-14-29-12-5-7-16-34(29)37/h4-27H,1-2H3. The smallest absolute Gasteiger partial charge is 0.187 e. The first-order valence-electron chi connectivity index (χ1n) is 16.5. The molecule has 0 bridgehead atoms. The molecule has 0 atom stereocenters. The van der Waals surface area contributed by atoms with Crippen LogP contribution in [-0.4, -0.2) is 15.0 Å². The van der Waals surface area contributed by atoms with Crippen LogP contribution in [0.2, 0.25) is 0 Å². The summed E-state index contributed by atoms with van der Waals surface area (Å²) >= 11 is 0. The highest BCUT2D eigenvalue weighted by Crippen LogP contribution is 2.53. The van der Waals surface area contributed by atoms with Crippen molar-refractivity contribution in [3.63, 3.8) is 0 Å². The summed E-state index contributed by atoms with van der Waals surface area (Å²) in [4.78, 5) is 19.0. The average Bonchev–Trinajstić information content (AvgIpc) is 3.39. The van der Waals surface area contributed by atoms with Gasteiger partial charge in [-0.2, -0.15) is 0 Å². The van der Waals surface area contributed by atoms with E-state index in [-0.39, 0.29) is 5.41 Å². The molecule has 0 spiro atoms. The van der Waals surface area contributed by atoms with Gasteiger partial charge >= 0.3 is 0 Å². The molecule has 4 nitrogen and oxygen atoms in total. The van der Waals surface area contributed by atoms with Crippen LogP contribution in [-0.2, 0) is 5.41 Å². The van der Waals surface area contributed by atoms with Crippen molar-refractivity contribution in [1.29, 1.82) is 0 Å². The molecule has 0 amide bonds. The minimum Gasteiger partial charge on any atom is -0.238 e. The van der Waals surface area contributed by atoms with Crippen molar-refractivity contribution in [3.8, 4) is 56.4 Å². The lowest BCUT2D eigenvalue weighted by atomic mass is 9.82. The second-order valence-corrected chi connectivity index (χ2v) is 13.1. The maximum Gasteiger partial charge on any atom is 0.187 e. The summed E-state index contributed by atoms with van der Waals surface area (Å²) < 4.78 is 0. The van der Waals surface area contributed by atoms with Gasteiger partial charge in [0.05, 0.1) is 6.57 Å². The molecule has 8 aromatic rings. The first-order chi connectivity index (χ1) is 24.0. The van der Waals surface area contributed by atoms with E-state index in [4.69, 9.17) is 21.5 Å². The number of rotatable bonds is 4. The van der Waals surface area contributed by atoms with E-state index in [1.807, 2.05) is 6.07 Å². The lowest BCUT2D eigenvalue weighted by Gasteiger charge is -2.22. The Morgan fingerprint density at radius 3 is 1.63 bits per heavy atom. The van der Waals surface area contributed by atoms with E-state index in [1.54, 1.807) is 0 Å². The molecule has 0 N–H and O–H groups in total. The number of benzene rings is 7. The van der Waals surface area contributed by atoms with E-state index in [2.05, 4.69) is 158 Å². The van der Waals surface area contributed by atoms with Crippen molar-refractivity contribution in [2.75, 3.05) is 0 Å². The van der Waals surface area contributed by atoms with E-state index < -0.39 is 0 Å². The number of nitrogens with zero attached hydrogens (tertiary/aromatic N) is 4. The van der Waals surface area contributed by atoms with Crippen LogP contribution in [0, 0.1) is 6.57 Å². The van der Waals surface area contributed by atoms with E-state index in [0.717, 1.165) is 43.8 Å². The van der Waals surface area contributed by atoms with Crippen LogP contribution >= 0.6 is 0 Å². The molecule has 7 aromatic carbocycles. The van der Waals surface area contributed by atoms with E-state index >= 15 is 0 Å². The zero-order valence-electron chi connectivity index (χ0n) is 27.1. The quantitative estimate of drug-likeness (QED) is 0.183. The average molecular weight is 627 g/mol. The van der Waals surface area contributed by atoms with E-state index in [9.17, 15) is 0 Å². The number of aromatic nitrogens is 3. The zero-order chi connectivity index (χ0) is 33.1. The third-order valence-corrected chi connectivity index (χ3v) is 9.96. The van der Waals surface area contributed by atoms with Crippen molar-refractivity contribution in [3.05, 3.63) is 168 Å². The molecule has 1 aliphatic rings. The Labute approximate surface area is 285 Å². The van der Waals surface area contributed by atoms with Crippen LogP contribution in [0.25, 0.3) is 82.8 Å². The first-order valence-corrected chi connectivity index (χ1v) is 16.5. The summed E-state index contributed by atoms with van der Waals surface area (Å²) in [5, 5.41) is 4.49. The van der Waals surface area contributed by atoms with Crippen LogP contribution in [0.5, 0.6) is 0 Å². The highest BCUT2D eigenvalue weighted by atomic mass is 15.0. The van der Waals surface area contributed by atoms with Crippen LogP contribution in [0.15, 0.2) is 146 Å². The van der Waals surface area contributed by atoms with Gasteiger partial charge in [0.1, 0.15) is 0 Å². The monoisotopic (exact) mass is 626 g/mol. The number of fused-ring (bicyclic) bond motifs is 5. The summed E-state index contributed by atoms with van der Waals surface area (Å²) in [5.41, 5.74) is 10.6. The maximum atomic E-state index is 7.57. The highest BCUT2D eigenvalue weighted by Gasteiger charge is 2.36. The predicted octanol–water partition coefficient (Wildman–Crippen LogP) is 11.7. The molecule has 0 saturated heterocycles. The zero-order valence-corrected chi connectivity index (χ0v) is 27.1. The second kappa shape index (κ2) is 11.1. The molecule has 49 heavy (non-hydrogen) atoms. The third kappa shape index (κ3) is 4.63. The molecule has 1 aromatic heterocycles. The van der Waals surface area contributed by atoms with Crippen molar-refractivity contribution in [2.45, 2.75) is 19.3 Å². The SMILES string of the molecule is [C-]#[N+]c1ccc2c(c1)C(C)(C)c1cccc(-c3ccc(-c4nc(-c5cccc6ccccc56)nc(-c5cccc6ccccc56)n4)cc3)c1-2. The Balaban J connectivity index is 1.20. The maximum absolute atomic E-state index is 7.57. The van der Waals surface area contributed by atoms with E-state index in [0.29, 0.717) is 23.2 Å². The lowest BCUT2D eigenvalue weighted by molar-refractivity contribution is 0.661. The van der Waals surface area contributed by atoms with Crippen LogP contribution in [0.3, 0.4) is 0 Å². The Morgan fingerprint density at radius 2 is 1.00 bits per heavy atom. The minimum absolute atomic E-state index is 0.192. The largest absolute Gasteiger partial charge is 0.238 e. The van der Waals surface area contributed by atoms with Gasteiger partial charge in [0.2, 0.25) is 0 Å². The second-order valence-electron chi connectivity index (χ2n) is 13.1. The van der Waals surface area contributed by atoms with Crippen molar-refractivity contribution >= 4 is 27.2 Å². The van der Waals surface area contributed by atoms with Gasteiger partial charge < -0.3 is 0 Å². The molecular formula is C45H30N4. The van der Waals surface area contributed by atoms with Gasteiger partial charge in [0.15, 0.2) is 23.2 Å². The van der Waals surface area contributed by atoms with Gasteiger partial charge in [0, 0.05) is 22.1 Å². The minimum atomic E-state index is -0.192. The van der Waals surface area contributed by atoms with Gasteiger partial charge in [-0.3, -0.25) is 0 Å². The summed E-state index contributed by atoms with van der Waals surface area (Å²) in [6.45, 7) is 12.1. The van der Waals surface area contributed by atoms with Gasteiger partial charge in [-0.25, -0.2) is 19.8 Å². The normalized spacial score (nSPS) is 12.8. The van der Waals surface area contributed by atoms with Gasteiger partial charge in [-0.05, 0) is 54.9 Å². The fourth-order valence-electron chi connectivity index (χ4n) is 7.47. The van der Waals surface area contributed by atoms with Gasteiger partial charge in [-0.15, -0.1) is 0 Å². The molecule has 4 heteroatoms. The van der Waals surface area contributed by atoms with Gasteiger partial charge in [-0.1, -0.05) is 159 Å². The molecule has 0 aliphatic heterocycles. The molecule has 1 heterocycles. The first kappa shape index (κ1) is 28.8. The molecule has 1 aliphatic carbocycles. The molecule has 0 fully saturated rings. The van der Waals surface area contributed by atoms with Crippen LogP contribution < -0.4 is 0 Å². The topological polar surface area (TPSA) is 43.0 Å². The Kier molecular flexibility index (Phi) is 6.50. The molecule has 0 saturated carbocycles. The molecule has 9 rings (SSSR count). The Hall–Kier alpha value is -6.44. The van der Waals surface area contributed by atoms with Crippen LogP contribution in [0.4, 0.5) is 5.69 Å². The Morgan fingerprint density at radius 1 is 0.469 bits per heavy atom. The summed E-state index contributed by atoms with van der Waals surface area (Å²) in [6, 6.07) is 50.5. The number of hydrogen-bond acceptors (Lipinski definition) is 3. The van der Waals surface area contributed by atoms with Crippen LogP contribution in [0.1, 0.15) is 25.0 Å². The highest BCUT2D eigenvalue weighted by molar-refractivity contribution is 5.98. The summed E-state index contributed by atoms with van der Waals surface area (Å²) in [6.07, 6.45) is 0. The Bertz CT molecular complexity index is 2540. The fraction of sp³-hybridized carbons (Fsp3) is 0.0667. The number of hydrogen-bond donors (Lipinski definition) is 0. The third-order valence-electron chi connectivity index (χ3n) is 9.96.